The highest BCUT2D eigenvalue weighted by Crippen LogP contribution is 2.32. The molecule has 0 amide bonds. The van der Waals surface area contributed by atoms with E-state index in [1.807, 2.05) is 25.1 Å². The van der Waals surface area contributed by atoms with Gasteiger partial charge in [-0.05, 0) is 47.2 Å². The molecule has 0 unspecified atom stereocenters. The van der Waals surface area contributed by atoms with Crippen LogP contribution in [0.4, 0.5) is 4.39 Å². The molecular formula is C14H12FIO. The van der Waals surface area contributed by atoms with Crippen LogP contribution in [0.15, 0.2) is 36.4 Å². The van der Waals surface area contributed by atoms with Crippen LogP contribution in [0.1, 0.15) is 5.56 Å². The smallest absolute Gasteiger partial charge is 0.172 e. The molecule has 0 spiro atoms. The van der Waals surface area contributed by atoms with Crippen LogP contribution in [0.5, 0.6) is 5.75 Å². The van der Waals surface area contributed by atoms with Gasteiger partial charge < -0.3 is 4.74 Å². The van der Waals surface area contributed by atoms with E-state index in [1.165, 1.54) is 12.7 Å². The van der Waals surface area contributed by atoms with Crippen LogP contribution in [0.3, 0.4) is 0 Å². The summed E-state index contributed by atoms with van der Waals surface area (Å²) in [5, 5.41) is 0. The molecule has 0 fully saturated rings. The lowest BCUT2D eigenvalue weighted by molar-refractivity contribution is 0.387. The van der Waals surface area contributed by atoms with E-state index in [0.29, 0.717) is 5.56 Å². The van der Waals surface area contributed by atoms with Crippen molar-refractivity contribution in [3.05, 3.63) is 51.3 Å². The monoisotopic (exact) mass is 342 g/mol. The van der Waals surface area contributed by atoms with Crippen LogP contribution in [0.2, 0.25) is 0 Å². The molecule has 0 aromatic heterocycles. The zero-order valence-electron chi connectivity index (χ0n) is 9.63. The molecule has 0 saturated heterocycles. The standard InChI is InChI=1S/C14H12FIO/c1-9-6-7-10(12(16)8-9)11-4-3-5-13(17-2)14(11)15/h3-8H,1-2H3. The lowest BCUT2D eigenvalue weighted by Crippen LogP contribution is -1.93. The van der Waals surface area contributed by atoms with E-state index in [0.717, 1.165) is 9.13 Å². The Labute approximate surface area is 114 Å². The van der Waals surface area contributed by atoms with E-state index in [1.54, 1.807) is 18.2 Å². The largest absolute Gasteiger partial charge is 0.494 e. The van der Waals surface area contributed by atoms with E-state index < -0.39 is 0 Å². The van der Waals surface area contributed by atoms with Crippen LogP contribution in [0.25, 0.3) is 11.1 Å². The fraction of sp³-hybridized carbons (Fsp3) is 0.143. The van der Waals surface area contributed by atoms with Gasteiger partial charge in [0.2, 0.25) is 0 Å². The predicted octanol–water partition coefficient (Wildman–Crippen LogP) is 4.41. The minimum atomic E-state index is -0.309. The van der Waals surface area contributed by atoms with Crippen LogP contribution in [-0.4, -0.2) is 7.11 Å². The average molecular weight is 342 g/mol. The van der Waals surface area contributed by atoms with E-state index in [4.69, 9.17) is 4.74 Å². The molecular weight excluding hydrogens is 330 g/mol. The van der Waals surface area contributed by atoms with Crippen molar-refractivity contribution in [2.45, 2.75) is 6.92 Å². The number of rotatable bonds is 2. The van der Waals surface area contributed by atoms with Gasteiger partial charge in [0.1, 0.15) is 0 Å². The Kier molecular flexibility index (Phi) is 3.66. The fourth-order valence-corrected chi connectivity index (χ4v) is 2.68. The van der Waals surface area contributed by atoms with Gasteiger partial charge in [-0.25, -0.2) is 4.39 Å². The van der Waals surface area contributed by atoms with Crippen molar-refractivity contribution >= 4 is 22.6 Å². The molecule has 0 bridgehead atoms. The van der Waals surface area contributed by atoms with E-state index in [-0.39, 0.29) is 11.6 Å². The molecule has 2 rings (SSSR count). The van der Waals surface area contributed by atoms with Crippen molar-refractivity contribution in [2.75, 3.05) is 7.11 Å². The normalized spacial score (nSPS) is 10.4. The summed E-state index contributed by atoms with van der Waals surface area (Å²) in [7, 11) is 1.47. The number of halogens is 2. The second-order valence-electron chi connectivity index (χ2n) is 3.81. The molecule has 2 aromatic carbocycles. The van der Waals surface area contributed by atoms with Gasteiger partial charge in [0, 0.05) is 9.13 Å². The number of ether oxygens (including phenoxy) is 1. The molecule has 1 nitrogen and oxygen atoms in total. The van der Waals surface area contributed by atoms with Crippen LogP contribution >= 0.6 is 22.6 Å². The first-order valence-corrected chi connectivity index (χ1v) is 6.30. The summed E-state index contributed by atoms with van der Waals surface area (Å²) in [5.74, 6) is -0.0318. The van der Waals surface area contributed by atoms with Crippen LogP contribution in [-0.2, 0) is 0 Å². The molecule has 3 heteroatoms. The van der Waals surface area contributed by atoms with Gasteiger partial charge in [-0.15, -0.1) is 0 Å². The van der Waals surface area contributed by atoms with E-state index in [9.17, 15) is 4.39 Å². The highest BCUT2D eigenvalue weighted by Gasteiger charge is 2.12. The summed E-state index contributed by atoms with van der Waals surface area (Å²) >= 11 is 2.22. The lowest BCUT2D eigenvalue weighted by Gasteiger charge is -2.09. The highest BCUT2D eigenvalue weighted by atomic mass is 127. The van der Waals surface area contributed by atoms with Crippen molar-refractivity contribution in [1.82, 2.24) is 0 Å². The number of benzene rings is 2. The second-order valence-corrected chi connectivity index (χ2v) is 4.97. The number of aryl methyl sites for hydroxylation is 1. The Morgan fingerprint density at radius 2 is 1.88 bits per heavy atom. The Bertz CT molecular complexity index is 552. The zero-order chi connectivity index (χ0) is 12.4. The predicted molar refractivity (Wildman–Crippen MR) is 75.8 cm³/mol. The van der Waals surface area contributed by atoms with Gasteiger partial charge in [0.05, 0.1) is 7.11 Å². The molecule has 17 heavy (non-hydrogen) atoms. The topological polar surface area (TPSA) is 9.23 Å². The van der Waals surface area contributed by atoms with Gasteiger partial charge in [0.15, 0.2) is 11.6 Å². The Balaban J connectivity index is 2.60. The van der Waals surface area contributed by atoms with Crippen LogP contribution < -0.4 is 4.74 Å². The maximum atomic E-state index is 14.1. The minimum absolute atomic E-state index is 0.277. The van der Waals surface area contributed by atoms with Gasteiger partial charge >= 0.3 is 0 Å². The molecule has 0 aliphatic carbocycles. The maximum absolute atomic E-state index is 14.1. The minimum Gasteiger partial charge on any atom is -0.494 e. The molecule has 0 N–H and O–H groups in total. The number of methoxy groups -OCH3 is 1. The molecule has 0 aliphatic rings. The summed E-state index contributed by atoms with van der Waals surface area (Å²) in [6.07, 6.45) is 0. The second kappa shape index (κ2) is 5.04. The maximum Gasteiger partial charge on any atom is 0.172 e. The van der Waals surface area contributed by atoms with Gasteiger partial charge in [-0.3, -0.25) is 0 Å². The summed E-state index contributed by atoms with van der Waals surface area (Å²) < 4.78 is 20.1. The zero-order valence-corrected chi connectivity index (χ0v) is 11.8. The summed E-state index contributed by atoms with van der Waals surface area (Å²) in [4.78, 5) is 0. The third kappa shape index (κ3) is 2.44. The van der Waals surface area contributed by atoms with Crippen molar-refractivity contribution in [2.24, 2.45) is 0 Å². The molecule has 0 radical (unpaired) electrons. The van der Waals surface area contributed by atoms with E-state index >= 15 is 0 Å². The quantitative estimate of drug-likeness (QED) is 0.735. The SMILES string of the molecule is COc1cccc(-c2ccc(C)cc2I)c1F. The summed E-state index contributed by atoms with van der Waals surface area (Å²) in [6, 6.07) is 11.2. The van der Waals surface area contributed by atoms with Crippen LogP contribution in [0, 0.1) is 16.3 Å². The van der Waals surface area contributed by atoms with Gasteiger partial charge in [0.25, 0.3) is 0 Å². The van der Waals surface area contributed by atoms with Gasteiger partial charge in [-0.2, -0.15) is 0 Å². The molecule has 0 saturated carbocycles. The third-order valence-corrected chi connectivity index (χ3v) is 3.49. The molecule has 0 heterocycles. The van der Waals surface area contributed by atoms with Crippen molar-refractivity contribution in [3.63, 3.8) is 0 Å². The molecule has 88 valence electrons. The van der Waals surface area contributed by atoms with Crippen molar-refractivity contribution in [1.29, 1.82) is 0 Å². The van der Waals surface area contributed by atoms with E-state index in [2.05, 4.69) is 22.6 Å². The number of hydrogen-bond donors (Lipinski definition) is 0. The highest BCUT2D eigenvalue weighted by molar-refractivity contribution is 14.1. The fourth-order valence-electron chi connectivity index (χ4n) is 1.72. The van der Waals surface area contributed by atoms with Crippen molar-refractivity contribution in [3.8, 4) is 16.9 Å². The summed E-state index contributed by atoms with van der Waals surface area (Å²) in [6.45, 7) is 2.02. The molecule has 0 atom stereocenters. The Morgan fingerprint density at radius 1 is 1.12 bits per heavy atom. The Hall–Kier alpha value is -1.10. The first kappa shape index (κ1) is 12.4. The first-order valence-electron chi connectivity index (χ1n) is 5.22. The Morgan fingerprint density at radius 3 is 2.53 bits per heavy atom. The van der Waals surface area contributed by atoms with Gasteiger partial charge in [-0.1, -0.05) is 29.8 Å². The van der Waals surface area contributed by atoms with Crippen molar-refractivity contribution < 1.29 is 9.13 Å². The first-order chi connectivity index (χ1) is 8.13. The third-order valence-electron chi connectivity index (χ3n) is 2.60. The molecule has 0 aliphatic heterocycles. The lowest BCUT2D eigenvalue weighted by atomic mass is 10.0. The molecule has 2 aromatic rings. The summed E-state index contributed by atoms with van der Waals surface area (Å²) in [5.41, 5.74) is 2.64. The number of hydrogen-bond acceptors (Lipinski definition) is 1. The average Bonchev–Trinajstić information content (AvgIpc) is 2.30.